The minimum absolute atomic E-state index is 0.133. The fraction of sp³-hybridized carbons (Fsp3) is 0.278. The highest BCUT2D eigenvalue weighted by Crippen LogP contribution is 2.30. The average Bonchev–Trinajstić information content (AvgIpc) is 2.63. The highest BCUT2D eigenvalue weighted by Gasteiger charge is 2.28. The molecule has 140 valence electrons. The molecule has 2 atom stereocenters. The van der Waals surface area contributed by atoms with Gasteiger partial charge in [0.15, 0.2) is 17.5 Å². The van der Waals surface area contributed by atoms with E-state index in [1.54, 1.807) is 24.3 Å². The molecule has 0 saturated heterocycles. The Balaban J connectivity index is 2.42. The number of hydrogen-bond acceptors (Lipinski definition) is 3. The van der Waals surface area contributed by atoms with E-state index in [2.05, 4.69) is 0 Å². The Hall–Kier alpha value is -2.09. The van der Waals surface area contributed by atoms with Crippen LogP contribution in [0.3, 0.4) is 0 Å². The van der Waals surface area contributed by atoms with Crippen LogP contribution in [0, 0.1) is 17.5 Å². The molecule has 4 nitrogen and oxygen atoms in total. The van der Waals surface area contributed by atoms with E-state index in [9.17, 15) is 18.0 Å². The molecule has 2 N–H and O–H groups in total. The molecule has 0 radical (unpaired) electrons. The van der Waals surface area contributed by atoms with Crippen LogP contribution in [-0.2, 0) is 16.0 Å². The Morgan fingerprint density at radius 3 is 2.27 bits per heavy atom. The number of ether oxygens (including phenoxy) is 1. The van der Waals surface area contributed by atoms with Crippen molar-refractivity contribution in [2.45, 2.75) is 24.9 Å². The van der Waals surface area contributed by atoms with E-state index in [0.717, 1.165) is 17.7 Å². The molecule has 2 aromatic carbocycles. The number of nitrogens with one attached hydrogen (secondary N) is 1. The third-order valence-corrected chi connectivity index (χ3v) is 4.32. The van der Waals surface area contributed by atoms with E-state index in [1.165, 1.54) is 12.6 Å². The Morgan fingerprint density at radius 1 is 1.19 bits per heavy atom. The van der Waals surface area contributed by atoms with Crippen molar-refractivity contribution in [2.24, 2.45) is 0 Å². The zero-order valence-electron chi connectivity index (χ0n) is 13.8. The van der Waals surface area contributed by atoms with Crippen molar-refractivity contribution in [1.82, 2.24) is 5.48 Å². The van der Waals surface area contributed by atoms with Gasteiger partial charge in [0.2, 0.25) is 5.91 Å². The van der Waals surface area contributed by atoms with Crippen molar-refractivity contribution in [1.29, 1.82) is 0 Å². The quantitative estimate of drug-likeness (QED) is 0.429. The zero-order chi connectivity index (χ0) is 19.3. The lowest BCUT2D eigenvalue weighted by Crippen LogP contribution is -2.31. The van der Waals surface area contributed by atoms with E-state index >= 15 is 0 Å². The molecular weight excluding hydrogens is 371 g/mol. The molecule has 0 saturated carbocycles. The zero-order valence-corrected chi connectivity index (χ0v) is 14.6. The average molecular weight is 388 g/mol. The second-order valence-corrected chi connectivity index (χ2v) is 6.19. The Bertz CT molecular complexity index is 748. The summed E-state index contributed by atoms with van der Waals surface area (Å²) in [4.78, 5) is 11.5. The van der Waals surface area contributed by atoms with E-state index in [0.29, 0.717) is 5.02 Å². The smallest absolute Gasteiger partial charge is 0.245 e. The van der Waals surface area contributed by atoms with Gasteiger partial charge in [-0.3, -0.25) is 10.0 Å². The van der Waals surface area contributed by atoms with Crippen molar-refractivity contribution >= 4 is 17.5 Å². The molecular formula is C18H17ClF3NO3. The number of methoxy groups -OCH3 is 1. The lowest BCUT2D eigenvalue weighted by atomic mass is 9.85. The van der Waals surface area contributed by atoms with Gasteiger partial charge in [0.05, 0.1) is 12.5 Å². The van der Waals surface area contributed by atoms with Crippen LogP contribution in [0.4, 0.5) is 13.2 Å². The Kier molecular flexibility index (Phi) is 7.02. The topological polar surface area (TPSA) is 58.6 Å². The SMILES string of the molecule is COC(CC(=O)NO)C(Cc1ccc(Cl)cc1)c1cc(F)c(F)c(F)c1. The summed E-state index contributed by atoms with van der Waals surface area (Å²) >= 11 is 5.86. The summed E-state index contributed by atoms with van der Waals surface area (Å²) in [6, 6.07) is 8.52. The second-order valence-electron chi connectivity index (χ2n) is 5.75. The Labute approximate surface area is 153 Å². The van der Waals surface area contributed by atoms with Crippen molar-refractivity contribution < 1.29 is 27.9 Å². The normalized spacial score (nSPS) is 13.3. The summed E-state index contributed by atoms with van der Waals surface area (Å²) in [5, 5.41) is 9.26. The van der Waals surface area contributed by atoms with E-state index in [-0.39, 0.29) is 18.4 Å². The van der Waals surface area contributed by atoms with Gasteiger partial charge in [0.1, 0.15) is 0 Å². The van der Waals surface area contributed by atoms with Crippen LogP contribution in [0.25, 0.3) is 0 Å². The van der Waals surface area contributed by atoms with Gasteiger partial charge in [0, 0.05) is 18.1 Å². The predicted octanol–water partition coefficient (Wildman–Crippen LogP) is 3.99. The van der Waals surface area contributed by atoms with Crippen LogP contribution < -0.4 is 5.48 Å². The molecule has 2 unspecified atom stereocenters. The van der Waals surface area contributed by atoms with E-state index < -0.39 is 35.4 Å². The molecule has 0 aliphatic heterocycles. The maximum atomic E-state index is 13.7. The third-order valence-electron chi connectivity index (χ3n) is 4.07. The van der Waals surface area contributed by atoms with Crippen molar-refractivity contribution in [2.75, 3.05) is 7.11 Å². The lowest BCUT2D eigenvalue weighted by Gasteiger charge is -2.26. The first kappa shape index (κ1) is 20.2. The van der Waals surface area contributed by atoms with Gasteiger partial charge in [-0.1, -0.05) is 23.7 Å². The first-order valence-corrected chi connectivity index (χ1v) is 8.08. The molecule has 0 heterocycles. The molecule has 8 heteroatoms. The molecule has 2 rings (SSSR count). The summed E-state index contributed by atoms with van der Waals surface area (Å²) in [6.45, 7) is 0. The first-order valence-electron chi connectivity index (χ1n) is 7.70. The lowest BCUT2D eigenvalue weighted by molar-refractivity contribution is -0.132. The summed E-state index contributed by atoms with van der Waals surface area (Å²) in [7, 11) is 1.33. The van der Waals surface area contributed by atoms with Crippen molar-refractivity contribution in [3.63, 3.8) is 0 Å². The number of hydrogen-bond donors (Lipinski definition) is 2. The van der Waals surface area contributed by atoms with Crippen LogP contribution in [0.1, 0.15) is 23.5 Å². The van der Waals surface area contributed by atoms with Crippen molar-refractivity contribution in [3.05, 3.63) is 70.0 Å². The van der Waals surface area contributed by atoms with Crippen LogP contribution in [0.15, 0.2) is 36.4 Å². The highest BCUT2D eigenvalue weighted by molar-refractivity contribution is 6.30. The summed E-state index contributed by atoms with van der Waals surface area (Å²) in [6.07, 6.45) is -0.827. The monoisotopic (exact) mass is 387 g/mol. The fourth-order valence-corrected chi connectivity index (χ4v) is 2.87. The van der Waals surface area contributed by atoms with Crippen LogP contribution in [-0.4, -0.2) is 24.3 Å². The summed E-state index contributed by atoms with van der Waals surface area (Å²) in [5.41, 5.74) is 2.40. The predicted molar refractivity (Wildman–Crippen MR) is 89.6 cm³/mol. The minimum Gasteiger partial charge on any atom is -0.380 e. The molecule has 26 heavy (non-hydrogen) atoms. The van der Waals surface area contributed by atoms with Gasteiger partial charge in [0.25, 0.3) is 0 Å². The molecule has 0 spiro atoms. The number of amides is 1. The van der Waals surface area contributed by atoms with E-state index in [1.807, 2.05) is 0 Å². The van der Waals surface area contributed by atoms with Crippen LogP contribution >= 0.6 is 11.6 Å². The van der Waals surface area contributed by atoms with Gasteiger partial charge in [-0.15, -0.1) is 0 Å². The number of benzene rings is 2. The van der Waals surface area contributed by atoms with Gasteiger partial charge in [-0.2, -0.15) is 0 Å². The molecule has 0 fully saturated rings. The second kappa shape index (κ2) is 9.02. The minimum atomic E-state index is -1.57. The van der Waals surface area contributed by atoms with Gasteiger partial charge in [-0.05, 0) is 41.8 Å². The molecule has 2 aromatic rings. The maximum absolute atomic E-state index is 13.7. The number of carbonyl (C=O) groups excluding carboxylic acids is 1. The van der Waals surface area contributed by atoms with Crippen LogP contribution in [0.5, 0.6) is 0 Å². The van der Waals surface area contributed by atoms with E-state index in [4.69, 9.17) is 21.5 Å². The summed E-state index contributed by atoms with van der Waals surface area (Å²) < 4.78 is 46.0. The van der Waals surface area contributed by atoms with Crippen LogP contribution in [0.2, 0.25) is 5.02 Å². The molecule has 0 aromatic heterocycles. The maximum Gasteiger partial charge on any atom is 0.245 e. The number of rotatable bonds is 7. The Morgan fingerprint density at radius 2 is 1.77 bits per heavy atom. The standard InChI is InChI=1S/C18H17ClF3NO3/c1-26-16(9-17(24)23-25)13(6-10-2-4-12(19)5-3-10)11-7-14(20)18(22)15(21)8-11/h2-5,7-8,13,16,25H,6,9H2,1H3,(H,23,24). The number of carbonyl (C=O) groups is 1. The van der Waals surface area contributed by atoms with Gasteiger partial charge < -0.3 is 4.74 Å². The van der Waals surface area contributed by atoms with Gasteiger partial charge >= 0.3 is 0 Å². The molecule has 1 amide bonds. The summed E-state index contributed by atoms with van der Waals surface area (Å²) in [5.74, 6) is -5.63. The molecule has 0 aliphatic rings. The fourth-order valence-electron chi connectivity index (χ4n) is 2.75. The number of hydroxylamine groups is 1. The molecule has 0 aliphatic carbocycles. The third kappa shape index (κ3) is 4.97. The molecule has 0 bridgehead atoms. The number of halogens is 4. The first-order chi connectivity index (χ1) is 12.3. The highest BCUT2D eigenvalue weighted by atomic mass is 35.5. The van der Waals surface area contributed by atoms with Crippen molar-refractivity contribution in [3.8, 4) is 0 Å². The largest absolute Gasteiger partial charge is 0.380 e. The van der Waals surface area contributed by atoms with Gasteiger partial charge in [-0.25, -0.2) is 18.7 Å².